The Morgan fingerprint density at radius 3 is 2.16 bits per heavy atom. The zero-order valence-corrected chi connectivity index (χ0v) is 19.6. The summed E-state index contributed by atoms with van der Waals surface area (Å²) in [4.78, 5) is 37.4. The van der Waals surface area contributed by atoms with E-state index in [0.29, 0.717) is 0 Å². The van der Waals surface area contributed by atoms with Crippen molar-refractivity contribution in [2.75, 3.05) is 0 Å². The molecule has 5 atom stereocenters. The van der Waals surface area contributed by atoms with Crippen LogP contribution < -0.4 is 10.2 Å². The molecule has 1 aromatic heterocycles. The molecule has 1 aliphatic heterocycles. The summed E-state index contributed by atoms with van der Waals surface area (Å²) in [6, 6.07) is 3.48. The van der Waals surface area contributed by atoms with E-state index in [-0.39, 0.29) is 11.1 Å². The van der Waals surface area contributed by atoms with E-state index in [4.69, 9.17) is 13.9 Å². The highest BCUT2D eigenvalue weighted by Gasteiger charge is 2.62. The van der Waals surface area contributed by atoms with Crippen LogP contribution in [0.3, 0.4) is 0 Å². The second-order valence-corrected chi connectivity index (χ2v) is 8.72. The fourth-order valence-corrected chi connectivity index (χ4v) is 4.14. The van der Waals surface area contributed by atoms with Gasteiger partial charge in [-0.2, -0.15) is 0 Å². The van der Waals surface area contributed by atoms with Crippen LogP contribution in [0.25, 0.3) is 22.3 Å². The van der Waals surface area contributed by atoms with E-state index < -0.39 is 92.8 Å². The molecule has 38 heavy (non-hydrogen) atoms. The number of aliphatic hydroxyl groups is 3. The van der Waals surface area contributed by atoms with Gasteiger partial charge in [0.05, 0.1) is 0 Å². The molecular formula is C24H22O14. The number of aliphatic hydroxyl groups excluding tert-OH is 2. The number of ether oxygens (including phenoxy) is 2. The van der Waals surface area contributed by atoms with E-state index in [1.165, 1.54) is 0 Å². The van der Waals surface area contributed by atoms with Gasteiger partial charge in [0.15, 0.2) is 46.3 Å². The first-order valence-electron chi connectivity index (χ1n) is 10.9. The number of phenols is 5. The largest absolute Gasteiger partial charge is 0.508 e. The Balaban J connectivity index is 1.94. The van der Waals surface area contributed by atoms with Gasteiger partial charge in [0.2, 0.25) is 17.5 Å². The van der Waals surface area contributed by atoms with Crippen molar-refractivity contribution in [3.8, 4) is 45.8 Å². The molecule has 0 saturated carbocycles. The van der Waals surface area contributed by atoms with Gasteiger partial charge >= 0.3 is 0 Å². The number of phenolic OH excluding ortho intramolecular Hbond substituents is 5. The first-order valence-corrected chi connectivity index (χ1v) is 10.9. The maximum atomic E-state index is 13.4. The van der Waals surface area contributed by atoms with E-state index in [1.54, 1.807) is 0 Å². The fourth-order valence-electron chi connectivity index (χ4n) is 4.14. The molecular weight excluding hydrogens is 512 g/mol. The third-order valence-electron chi connectivity index (χ3n) is 6.17. The number of rotatable bonds is 6. The first kappa shape index (κ1) is 26.7. The minimum atomic E-state index is -2.85. The van der Waals surface area contributed by atoms with Crippen LogP contribution in [0.5, 0.6) is 34.5 Å². The van der Waals surface area contributed by atoms with Gasteiger partial charge in [-0.15, -0.1) is 0 Å². The van der Waals surface area contributed by atoms with Gasteiger partial charge in [0.25, 0.3) is 0 Å². The minimum Gasteiger partial charge on any atom is -0.508 e. The highest BCUT2D eigenvalue weighted by Crippen LogP contribution is 2.44. The minimum absolute atomic E-state index is 0.288. The molecule has 2 aromatic carbocycles. The molecule has 1 saturated heterocycles. The van der Waals surface area contributed by atoms with Gasteiger partial charge in [-0.05, 0) is 26.0 Å². The summed E-state index contributed by atoms with van der Waals surface area (Å²) in [5.74, 6) is -7.32. The summed E-state index contributed by atoms with van der Waals surface area (Å²) >= 11 is 0. The first-order chi connectivity index (χ1) is 17.7. The third kappa shape index (κ3) is 4.05. The number of benzene rings is 2. The number of ketones is 2. The molecule has 202 valence electrons. The Kier molecular flexibility index (Phi) is 6.45. The van der Waals surface area contributed by atoms with Crippen LogP contribution in [0.1, 0.15) is 13.8 Å². The van der Waals surface area contributed by atoms with Gasteiger partial charge in [0.1, 0.15) is 34.7 Å². The lowest BCUT2D eigenvalue weighted by Crippen LogP contribution is -2.58. The average Bonchev–Trinajstić information content (AvgIpc) is 3.08. The van der Waals surface area contributed by atoms with Crippen molar-refractivity contribution in [1.29, 1.82) is 0 Å². The third-order valence-corrected chi connectivity index (χ3v) is 6.17. The number of carbonyl (C=O) groups excluding carboxylic acids is 2. The van der Waals surface area contributed by atoms with Crippen molar-refractivity contribution in [3.63, 3.8) is 0 Å². The maximum Gasteiger partial charge on any atom is 0.239 e. The molecule has 5 unspecified atom stereocenters. The number of hydrogen-bond donors (Lipinski definition) is 8. The van der Waals surface area contributed by atoms with Gasteiger partial charge < -0.3 is 54.7 Å². The normalized spacial score (nSPS) is 23.9. The van der Waals surface area contributed by atoms with Gasteiger partial charge in [-0.25, -0.2) is 0 Å². The number of Topliss-reactive ketones (excluding diaryl/α,β-unsaturated/α-hetero) is 2. The van der Waals surface area contributed by atoms with Crippen molar-refractivity contribution in [1.82, 2.24) is 0 Å². The lowest BCUT2D eigenvalue weighted by atomic mass is 9.85. The molecule has 3 aromatic rings. The van der Waals surface area contributed by atoms with Crippen molar-refractivity contribution in [2.24, 2.45) is 0 Å². The van der Waals surface area contributed by atoms with Crippen molar-refractivity contribution in [2.45, 2.75) is 44.1 Å². The highest BCUT2D eigenvalue weighted by atomic mass is 16.7. The molecule has 0 bridgehead atoms. The van der Waals surface area contributed by atoms with Crippen LogP contribution in [-0.2, 0) is 14.3 Å². The van der Waals surface area contributed by atoms with Crippen LogP contribution in [0, 0.1) is 0 Å². The lowest BCUT2D eigenvalue weighted by Gasteiger charge is -2.29. The maximum absolute atomic E-state index is 13.4. The molecule has 14 nitrogen and oxygen atoms in total. The molecule has 0 aliphatic carbocycles. The SMILES string of the molecule is CC(=O)C(O)C1OC(Oc2c(-c3cc(O)c(O)c(O)c3)oc3cc(O)cc(O)c3c2=O)C(O)C1(O)C(C)=O. The second kappa shape index (κ2) is 9.18. The van der Waals surface area contributed by atoms with Gasteiger partial charge in [0, 0.05) is 17.7 Å². The zero-order chi connectivity index (χ0) is 28.3. The quantitative estimate of drug-likeness (QED) is 0.190. The number of aromatic hydroxyl groups is 5. The standard InChI is InChI=1S/C24H22O14/c1-7(25)16(31)22-24(35,8(2)26)21(34)23(38-22)37-20-18(33)15-11(28)5-10(27)6-14(15)36-19(20)9-3-12(29)17(32)13(30)4-9/h3-6,16,21-23,27-32,34-35H,1-2H3. The Hall–Kier alpha value is -4.37. The van der Waals surface area contributed by atoms with E-state index in [0.717, 1.165) is 38.1 Å². The highest BCUT2D eigenvalue weighted by molar-refractivity contribution is 5.90. The van der Waals surface area contributed by atoms with Crippen molar-refractivity contribution < 1.29 is 64.3 Å². The molecule has 4 rings (SSSR count). The Bertz CT molecular complexity index is 1500. The summed E-state index contributed by atoms with van der Waals surface area (Å²) in [6.45, 7) is 1.80. The van der Waals surface area contributed by atoms with E-state index in [9.17, 15) is 55.2 Å². The van der Waals surface area contributed by atoms with E-state index in [1.807, 2.05) is 0 Å². The predicted octanol–water partition coefficient (Wildman–Crippen LogP) is -0.277. The van der Waals surface area contributed by atoms with Crippen molar-refractivity contribution >= 4 is 22.5 Å². The summed E-state index contributed by atoms with van der Waals surface area (Å²) in [6.07, 6.45) is -8.45. The topological polar surface area (TPSA) is 245 Å². The van der Waals surface area contributed by atoms with E-state index >= 15 is 0 Å². The van der Waals surface area contributed by atoms with Crippen LogP contribution in [0.15, 0.2) is 33.5 Å². The molecule has 8 N–H and O–H groups in total. The van der Waals surface area contributed by atoms with Crippen molar-refractivity contribution in [3.05, 3.63) is 34.5 Å². The van der Waals surface area contributed by atoms with Gasteiger partial charge in [-0.3, -0.25) is 14.4 Å². The molecule has 1 aliphatic rings. The summed E-state index contributed by atoms with van der Waals surface area (Å²) in [7, 11) is 0. The molecule has 0 spiro atoms. The average molecular weight is 534 g/mol. The second-order valence-electron chi connectivity index (χ2n) is 8.72. The number of carbonyl (C=O) groups is 2. The molecule has 14 heteroatoms. The van der Waals surface area contributed by atoms with Crippen LogP contribution >= 0.6 is 0 Å². The Morgan fingerprint density at radius 1 is 1.00 bits per heavy atom. The summed E-state index contributed by atoms with van der Waals surface area (Å²) < 4.78 is 16.4. The van der Waals surface area contributed by atoms with Gasteiger partial charge in [-0.1, -0.05) is 0 Å². The monoisotopic (exact) mass is 534 g/mol. The predicted molar refractivity (Wildman–Crippen MR) is 124 cm³/mol. The number of fused-ring (bicyclic) bond motifs is 1. The van der Waals surface area contributed by atoms with Crippen LogP contribution in [0.4, 0.5) is 0 Å². The smallest absolute Gasteiger partial charge is 0.239 e. The van der Waals surface area contributed by atoms with Crippen LogP contribution in [0.2, 0.25) is 0 Å². The summed E-state index contributed by atoms with van der Waals surface area (Å²) in [5, 5.41) is 81.0. The Labute approximate surface area is 211 Å². The molecule has 1 fully saturated rings. The molecule has 0 amide bonds. The lowest BCUT2D eigenvalue weighted by molar-refractivity contribution is -0.163. The summed E-state index contributed by atoms with van der Waals surface area (Å²) in [5.41, 5.74) is -4.66. The fraction of sp³-hybridized carbons (Fsp3) is 0.292. The van der Waals surface area contributed by atoms with E-state index in [2.05, 4.69) is 0 Å². The zero-order valence-electron chi connectivity index (χ0n) is 19.6. The Morgan fingerprint density at radius 2 is 1.61 bits per heavy atom. The molecule has 2 heterocycles. The number of hydrogen-bond acceptors (Lipinski definition) is 14. The molecule has 0 radical (unpaired) electrons. The van der Waals surface area contributed by atoms with Crippen LogP contribution in [-0.4, -0.2) is 82.6 Å².